The minimum atomic E-state index is -0.138. The van der Waals surface area contributed by atoms with Gasteiger partial charge in [-0.05, 0) is 104 Å². The van der Waals surface area contributed by atoms with Gasteiger partial charge in [-0.3, -0.25) is 9.59 Å². The maximum absolute atomic E-state index is 14.7. The Morgan fingerprint density at radius 3 is 1.31 bits per heavy atom. The molecule has 4 heterocycles. The second-order valence-corrected chi connectivity index (χ2v) is 17.8. The van der Waals surface area contributed by atoms with Crippen LogP contribution in [0.15, 0.2) is 192 Å². The molecule has 9 aromatic carbocycles. The number of aromatic nitrogens is 4. The number of fused-ring (bicyclic) bond motifs is 10. The van der Waals surface area contributed by atoms with Gasteiger partial charge in [0.15, 0.2) is 22.4 Å². The van der Waals surface area contributed by atoms with Crippen molar-refractivity contribution in [3.05, 3.63) is 214 Å². The molecular weight excluding hydrogens is 841 g/mol. The summed E-state index contributed by atoms with van der Waals surface area (Å²) in [6.45, 7) is 4.13. The van der Waals surface area contributed by atoms with Gasteiger partial charge >= 0.3 is 0 Å². The topological polar surface area (TPSA) is 72.3 Å². The van der Waals surface area contributed by atoms with Crippen molar-refractivity contribution in [2.24, 2.45) is 14.1 Å². The van der Waals surface area contributed by atoms with E-state index in [1.54, 1.807) is 0 Å². The highest BCUT2D eigenvalue weighted by atomic mass is 16.5. The number of nitrogens with zero attached hydrogens (tertiary/aromatic N) is 4. The summed E-state index contributed by atoms with van der Waals surface area (Å²) in [5, 5.41) is 6.83. The fraction of sp³-hybridized carbons (Fsp3) is 0.0667. The lowest BCUT2D eigenvalue weighted by atomic mass is 10.0. The molecule has 0 aliphatic heterocycles. The minimum absolute atomic E-state index is 0.0554. The van der Waals surface area contributed by atoms with Crippen molar-refractivity contribution >= 4 is 87.2 Å². The predicted octanol–water partition coefficient (Wildman–Crippen LogP) is 14.1. The van der Waals surface area contributed by atoms with Crippen LogP contribution in [0.5, 0.6) is 23.0 Å². The van der Waals surface area contributed by atoms with Crippen molar-refractivity contribution < 1.29 is 9.47 Å². The van der Waals surface area contributed by atoms with E-state index in [-0.39, 0.29) is 10.9 Å². The average molecular weight is 883 g/mol. The van der Waals surface area contributed by atoms with Crippen LogP contribution in [-0.2, 0) is 14.1 Å². The van der Waals surface area contributed by atoms with Crippen molar-refractivity contribution in [2.75, 3.05) is 0 Å². The number of pyridine rings is 2. The molecule has 0 spiro atoms. The van der Waals surface area contributed by atoms with Gasteiger partial charge in [-0.25, -0.2) is 0 Å². The van der Waals surface area contributed by atoms with Crippen LogP contribution in [0.3, 0.4) is 0 Å². The van der Waals surface area contributed by atoms with Gasteiger partial charge in [0.2, 0.25) is 0 Å². The van der Waals surface area contributed by atoms with Gasteiger partial charge < -0.3 is 27.7 Å². The van der Waals surface area contributed by atoms with Gasteiger partial charge in [0.1, 0.15) is 11.5 Å². The van der Waals surface area contributed by atoms with E-state index in [4.69, 9.17) is 9.47 Å². The molecule has 4 aromatic heterocycles. The third-order valence-electron chi connectivity index (χ3n) is 13.9. The Bertz CT molecular complexity index is 4330. The molecule has 0 amide bonds. The molecule has 326 valence electrons. The molecule has 68 heavy (non-hydrogen) atoms. The van der Waals surface area contributed by atoms with Crippen LogP contribution >= 0.6 is 0 Å². The highest BCUT2D eigenvalue weighted by molar-refractivity contribution is 6.11. The van der Waals surface area contributed by atoms with Crippen LogP contribution in [0, 0.1) is 13.8 Å². The quantitative estimate of drug-likeness (QED) is 0.156. The molecule has 0 fully saturated rings. The first-order chi connectivity index (χ1) is 33.2. The van der Waals surface area contributed by atoms with E-state index in [1.165, 1.54) is 10.8 Å². The Labute approximate surface area is 389 Å². The molecule has 13 rings (SSSR count). The zero-order valence-electron chi connectivity index (χ0n) is 37.7. The van der Waals surface area contributed by atoms with E-state index in [9.17, 15) is 9.59 Å². The SMILES string of the molecule is Cc1cccc(-n2c3ccccc3c3ccccc32)c1Oc1cc(C)c(Oc2ccc3c(c2)c(=O)c2cc4c(cc2n3C)c(=O)c2ccccc2n4C)c(-n2c3ccccc3c3ccccc32)c1. The Kier molecular flexibility index (Phi) is 8.60. The van der Waals surface area contributed by atoms with E-state index in [0.29, 0.717) is 49.8 Å². The van der Waals surface area contributed by atoms with Crippen LogP contribution in [0.25, 0.3) is 98.6 Å². The largest absolute Gasteiger partial charge is 0.455 e. The molecule has 0 atom stereocenters. The van der Waals surface area contributed by atoms with Crippen molar-refractivity contribution in [2.45, 2.75) is 13.8 Å². The smallest absolute Gasteiger partial charge is 0.197 e. The molecule has 0 unspecified atom stereocenters. The summed E-state index contributed by atoms with van der Waals surface area (Å²) in [4.78, 5) is 28.5. The third-order valence-corrected chi connectivity index (χ3v) is 13.9. The molecule has 8 nitrogen and oxygen atoms in total. The number of aryl methyl sites for hydroxylation is 4. The van der Waals surface area contributed by atoms with Crippen LogP contribution in [-0.4, -0.2) is 18.3 Å². The lowest BCUT2D eigenvalue weighted by Crippen LogP contribution is -2.13. The number of hydrogen-bond acceptors (Lipinski definition) is 4. The van der Waals surface area contributed by atoms with Crippen molar-refractivity contribution in [3.63, 3.8) is 0 Å². The van der Waals surface area contributed by atoms with E-state index in [0.717, 1.165) is 72.1 Å². The number of para-hydroxylation sites is 6. The Morgan fingerprint density at radius 2 is 0.750 bits per heavy atom. The normalized spacial score (nSPS) is 11.9. The lowest BCUT2D eigenvalue weighted by Gasteiger charge is -2.21. The van der Waals surface area contributed by atoms with Gasteiger partial charge in [0.05, 0.1) is 55.5 Å². The van der Waals surface area contributed by atoms with Gasteiger partial charge in [0.25, 0.3) is 0 Å². The maximum Gasteiger partial charge on any atom is 0.197 e. The summed E-state index contributed by atoms with van der Waals surface area (Å²) in [6.07, 6.45) is 0. The zero-order valence-corrected chi connectivity index (χ0v) is 37.7. The first kappa shape index (κ1) is 39.5. The van der Waals surface area contributed by atoms with E-state index < -0.39 is 0 Å². The maximum atomic E-state index is 14.7. The van der Waals surface area contributed by atoms with Crippen molar-refractivity contribution in [1.29, 1.82) is 0 Å². The summed E-state index contributed by atoms with van der Waals surface area (Å²) in [5.41, 5.74) is 10.5. The molecule has 8 heteroatoms. The summed E-state index contributed by atoms with van der Waals surface area (Å²) in [5.74, 6) is 2.54. The Balaban J connectivity index is 0.996. The molecule has 0 radical (unpaired) electrons. The molecule has 0 saturated carbocycles. The predicted molar refractivity (Wildman–Crippen MR) is 278 cm³/mol. The summed E-state index contributed by atoms with van der Waals surface area (Å²) in [7, 11) is 3.87. The van der Waals surface area contributed by atoms with Gasteiger partial charge in [-0.2, -0.15) is 0 Å². The molecule has 0 saturated heterocycles. The van der Waals surface area contributed by atoms with Gasteiger partial charge in [0, 0.05) is 63.3 Å². The first-order valence-corrected chi connectivity index (χ1v) is 22.8. The Morgan fingerprint density at radius 1 is 0.324 bits per heavy atom. The van der Waals surface area contributed by atoms with E-state index in [1.807, 2.05) is 90.8 Å². The molecule has 0 aliphatic rings. The van der Waals surface area contributed by atoms with Crippen LogP contribution in [0.2, 0.25) is 0 Å². The summed E-state index contributed by atoms with van der Waals surface area (Å²) < 4.78 is 22.7. The van der Waals surface area contributed by atoms with Gasteiger partial charge in [-0.15, -0.1) is 0 Å². The standard InChI is InChI=1S/C60H42N4O4/c1-35-16-15-27-53(63-49-23-11-5-17-39(49)40-18-6-12-24-50(40)63)59(35)68-38-30-36(2)60(56(32-38)64-51-25-13-7-19-41(51)42-20-8-14-26-52(42)64)67-37-28-29-48-44(31-37)58(66)46-34-54-45(33-55(46)62(48)4)57(65)43-21-9-10-22-47(43)61(54)3/h5-34H,1-4H3. The first-order valence-electron chi connectivity index (χ1n) is 22.8. The third kappa shape index (κ3) is 5.73. The number of benzene rings is 9. The highest BCUT2D eigenvalue weighted by Crippen LogP contribution is 2.44. The van der Waals surface area contributed by atoms with Crippen molar-refractivity contribution in [3.8, 4) is 34.4 Å². The number of ether oxygens (including phenoxy) is 2. The number of hydrogen-bond donors (Lipinski definition) is 0. The highest BCUT2D eigenvalue weighted by Gasteiger charge is 2.23. The Hall–Kier alpha value is -8.88. The lowest BCUT2D eigenvalue weighted by molar-refractivity contribution is 0.462. The second kappa shape index (κ2) is 14.8. The van der Waals surface area contributed by atoms with Crippen LogP contribution in [0.1, 0.15) is 11.1 Å². The molecule has 0 aliphatic carbocycles. The summed E-state index contributed by atoms with van der Waals surface area (Å²) in [6, 6.07) is 61.2. The molecule has 0 N–H and O–H groups in total. The fourth-order valence-corrected chi connectivity index (χ4v) is 10.7. The van der Waals surface area contributed by atoms with Crippen molar-refractivity contribution in [1.82, 2.24) is 18.3 Å². The van der Waals surface area contributed by atoms with Crippen LogP contribution < -0.4 is 20.3 Å². The second-order valence-electron chi connectivity index (χ2n) is 17.8. The van der Waals surface area contributed by atoms with Crippen LogP contribution in [0.4, 0.5) is 0 Å². The molecular formula is C60H42N4O4. The number of rotatable bonds is 6. The fourth-order valence-electron chi connectivity index (χ4n) is 10.7. The summed E-state index contributed by atoms with van der Waals surface area (Å²) >= 11 is 0. The average Bonchev–Trinajstić information content (AvgIpc) is 3.89. The van der Waals surface area contributed by atoms with E-state index in [2.05, 4.69) is 137 Å². The molecule has 13 aromatic rings. The minimum Gasteiger partial charge on any atom is -0.455 e. The van der Waals surface area contributed by atoms with Gasteiger partial charge in [-0.1, -0.05) is 97.1 Å². The monoisotopic (exact) mass is 882 g/mol. The zero-order chi connectivity index (χ0) is 45.9. The van der Waals surface area contributed by atoms with E-state index >= 15 is 0 Å². The molecule has 0 bridgehead atoms.